The summed E-state index contributed by atoms with van der Waals surface area (Å²) in [6, 6.07) is 7.14. The smallest absolute Gasteiger partial charge is 0.148 e. The van der Waals surface area contributed by atoms with E-state index in [1.807, 2.05) is 12.3 Å². The third kappa shape index (κ3) is 4.45. The van der Waals surface area contributed by atoms with Gasteiger partial charge in [0.2, 0.25) is 0 Å². The molecule has 1 aromatic carbocycles. The minimum absolute atomic E-state index is 0.227. The zero-order valence-electron chi connectivity index (χ0n) is 15.0. The standard InChI is InChI=1S/C19H27FN4O/c1-22(2)17-8-7-15(14-25)10-23(13-17)11-16-9-21-24(12-16)19-6-4-3-5-18(19)20/h3-6,9,12,15,17,25H,7-8,10-11,13-14H2,1-2H3/t15-,17+/m0/s1. The van der Waals surface area contributed by atoms with Gasteiger partial charge in [0.05, 0.1) is 6.20 Å². The maximum Gasteiger partial charge on any atom is 0.148 e. The predicted octanol–water partition coefficient (Wildman–Crippen LogP) is 2.15. The second-order valence-electron chi connectivity index (χ2n) is 7.18. The van der Waals surface area contributed by atoms with Crippen molar-refractivity contribution < 1.29 is 9.50 Å². The number of para-hydroxylation sites is 1. The molecule has 0 spiro atoms. The van der Waals surface area contributed by atoms with E-state index in [2.05, 4.69) is 29.0 Å². The molecule has 0 bridgehead atoms. The summed E-state index contributed by atoms with van der Waals surface area (Å²) in [6.45, 7) is 2.83. The molecule has 6 heteroatoms. The van der Waals surface area contributed by atoms with E-state index in [9.17, 15) is 9.50 Å². The van der Waals surface area contributed by atoms with Crippen LogP contribution < -0.4 is 0 Å². The van der Waals surface area contributed by atoms with Gasteiger partial charge in [-0.15, -0.1) is 0 Å². The Balaban J connectivity index is 1.73. The summed E-state index contributed by atoms with van der Waals surface area (Å²) in [7, 11) is 4.22. The number of benzene rings is 1. The lowest BCUT2D eigenvalue weighted by Crippen LogP contribution is -2.39. The van der Waals surface area contributed by atoms with Gasteiger partial charge in [-0.3, -0.25) is 4.90 Å². The number of halogens is 1. The highest BCUT2D eigenvalue weighted by Crippen LogP contribution is 2.21. The summed E-state index contributed by atoms with van der Waals surface area (Å²) in [6.07, 6.45) is 5.84. The largest absolute Gasteiger partial charge is 0.396 e. The maximum atomic E-state index is 13.9. The van der Waals surface area contributed by atoms with Crippen LogP contribution in [-0.2, 0) is 6.54 Å². The number of likely N-dealkylation sites (tertiary alicyclic amines) is 1. The third-order valence-electron chi connectivity index (χ3n) is 5.02. The average molecular weight is 346 g/mol. The van der Waals surface area contributed by atoms with Gasteiger partial charge in [0.1, 0.15) is 11.5 Å². The van der Waals surface area contributed by atoms with Crippen molar-refractivity contribution >= 4 is 0 Å². The fourth-order valence-electron chi connectivity index (χ4n) is 3.52. The van der Waals surface area contributed by atoms with Crippen LogP contribution in [-0.4, -0.2) is 64.5 Å². The molecule has 2 heterocycles. The van der Waals surface area contributed by atoms with Crippen molar-refractivity contribution in [2.75, 3.05) is 33.8 Å². The van der Waals surface area contributed by atoms with Crippen LogP contribution in [0.3, 0.4) is 0 Å². The molecule has 1 aliphatic heterocycles. The highest BCUT2D eigenvalue weighted by molar-refractivity contribution is 5.32. The first-order chi connectivity index (χ1) is 12.1. The Hall–Kier alpha value is -1.76. The molecule has 136 valence electrons. The summed E-state index contributed by atoms with van der Waals surface area (Å²) in [4.78, 5) is 4.64. The van der Waals surface area contributed by atoms with Crippen LogP contribution in [0.25, 0.3) is 5.69 Å². The topological polar surface area (TPSA) is 44.5 Å². The number of nitrogens with zero attached hydrogens (tertiary/aromatic N) is 4. The summed E-state index contributed by atoms with van der Waals surface area (Å²) >= 11 is 0. The molecule has 2 atom stereocenters. The number of rotatable bonds is 5. The summed E-state index contributed by atoms with van der Waals surface area (Å²) in [5.41, 5.74) is 1.52. The Labute approximate surface area is 148 Å². The highest BCUT2D eigenvalue weighted by Gasteiger charge is 2.25. The fourth-order valence-corrected chi connectivity index (χ4v) is 3.52. The monoisotopic (exact) mass is 346 g/mol. The first-order valence-corrected chi connectivity index (χ1v) is 8.85. The number of hydrogen-bond acceptors (Lipinski definition) is 4. The lowest BCUT2D eigenvalue weighted by Gasteiger charge is -2.28. The average Bonchev–Trinajstić information content (AvgIpc) is 2.94. The van der Waals surface area contributed by atoms with Gasteiger partial charge in [0.25, 0.3) is 0 Å². The van der Waals surface area contributed by atoms with E-state index < -0.39 is 0 Å². The van der Waals surface area contributed by atoms with Crippen molar-refractivity contribution in [3.05, 3.63) is 48.0 Å². The molecule has 0 unspecified atom stereocenters. The quantitative estimate of drug-likeness (QED) is 0.901. The molecule has 0 aliphatic carbocycles. The molecule has 0 amide bonds. The van der Waals surface area contributed by atoms with Crippen LogP contribution in [0.5, 0.6) is 0 Å². The molecule has 0 radical (unpaired) electrons. The Morgan fingerprint density at radius 3 is 2.76 bits per heavy atom. The van der Waals surface area contributed by atoms with E-state index in [1.54, 1.807) is 23.0 Å². The lowest BCUT2D eigenvalue weighted by molar-refractivity contribution is 0.158. The molecule has 3 rings (SSSR count). The van der Waals surface area contributed by atoms with Crippen molar-refractivity contribution in [3.63, 3.8) is 0 Å². The predicted molar refractivity (Wildman–Crippen MR) is 96.1 cm³/mol. The zero-order chi connectivity index (χ0) is 17.8. The summed E-state index contributed by atoms with van der Waals surface area (Å²) in [5, 5.41) is 13.9. The molecular weight excluding hydrogens is 319 g/mol. The molecule has 1 aliphatic rings. The second-order valence-corrected chi connectivity index (χ2v) is 7.18. The van der Waals surface area contributed by atoms with Gasteiger partial charge in [-0.05, 0) is 45.0 Å². The fraction of sp³-hybridized carbons (Fsp3) is 0.526. The van der Waals surface area contributed by atoms with Crippen molar-refractivity contribution in [3.8, 4) is 5.69 Å². The third-order valence-corrected chi connectivity index (χ3v) is 5.02. The maximum absolute atomic E-state index is 13.9. The Bertz CT molecular complexity index is 688. The van der Waals surface area contributed by atoms with Gasteiger partial charge in [-0.1, -0.05) is 12.1 Å². The van der Waals surface area contributed by atoms with Gasteiger partial charge >= 0.3 is 0 Å². The number of aromatic nitrogens is 2. The number of hydrogen-bond donors (Lipinski definition) is 1. The van der Waals surface area contributed by atoms with Gasteiger partial charge in [-0.25, -0.2) is 9.07 Å². The zero-order valence-corrected chi connectivity index (χ0v) is 15.0. The Morgan fingerprint density at radius 2 is 2.04 bits per heavy atom. The second kappa shape index (κ2) is 8.08. The minimum atomic E-state index is -0.278. The van der Waals surface area contributed by atoms with E-state index in [4.69, 9.17) is 0 Å². The van der Waals surface area contributed by atoms with Crippen molar-refractivity contribution in [2.24, 2.45) is 5.92 Å². The van der Waals surface area contributed by atoms with Crippen LogP contribution >= 0.6 is 0 Å². The van der Waals surface area contributed by atoms with E-state index >= 15 is 0 Å². The molecule has 1 saturated heterocycles. The Morgan fingerprint density at radius 1 is 1.24 bits per heavy atom. The van der Waals surface area contributed by atoms with Gasteiger partial charge in [-0.2, -0.15) is 5.10 Å². The number of aliphatic hydroxyl groups is 1. The normalized spacial score (nSPS) is 22.3. The van der Waals surface area contributed by atoms with Crippen LogP contribution in [0.2, 0.25) is 0 Å². The molecule has 0 saturated carbocycles. The van der Waals surface area contributed by atoms with Crippen molar-refractivity contribution in [1.82, 2.24) is 19.6 Å². The number of likely N-dealkylation sites (N-methyl/N-ethyl adjacent to an activating group) is 1. The first-order valence-electron chi connectivity index (χ1n) is 8.85. The van der Waals surface area contributed by atoms with Gasteiger partial charge in [0, 0.05) is 44.0 Å². The van der Waals surface area contributed by atoms with Crippen LogP contribution in [0.15, 0.2) is 36.7 Å². The Kier molecular flexibility index (Phi) is 5.83. The van der Waals surface area contributed by atoms with E-state index in [1.165, 1.54) is 6.07 Å². The molecular formula is C19H27FN4O. The van der Waals surface area contributed by atoms with E-state index in [-0.39, 0.29) is 12.4 Å². The molecule has 1 aromatic heterocycles. The van der Waals surface area contributed by atoms with Crippen molar-refractivity contribution in [1.29, 1.82) is 0 Å². The van der Waals surface area contributed by atoms with Crippen LogP contribution in [0, 0.1) is 11.7 Å². The van der Waals surface area contributed by atoms with Gasteiger partial charge < -0.3 is 10.0 Å². The van der Waals surface area contributed by atoms with E-state index in [0.717, 1.165) is 38.0 Å². The van der Waals surface area contributed by atoms with Crippen LogP contribution in [0.1, 0.15) is 18.4 Å². The molecule has 5 nitrogen and oxygen atoms in total. The highest BCUT2D eigenvalue weighted by atomic mass is 19.1. The van der Waals surface area contributed by atoms with Crippen molar-refractivity contribution in [2.45, 2.75) is 25.4 Å². The molecule has 2 aromatic rings. The first kappa shape index (κ1) is 18.0. The molecule has 25 heavy (non-hydrogen) atoms. The van der Waals surface area contributed by atoms with Gasteiger partial charge in [0.15, 0.2) is 0 Å². The van der Waals surface area contributed by atoms with E-state index in [0.29, 0.717) is 17.6 Å². The molecule has 1 fully saturated rings. The van der Waals surface area contributed by atoms with Crippen LogP contribution in [0.4, 0.5) is 4.39 Å². The summed E-state index contributed by atoms with van der Waals surface area (Å²) in [5.74, 6) is 0.0338. The lowest BCUT2D eigenvalue weighted by atomic mass is 10.0. The number of aliphatic hydroxyl groups excluding tert-OH is 1. The molecule has 1 N–H and O–H groups in total. The SMILES string of the molecule is CN(C)[C@@H]1CC[C@H](CO)CN(Cc2cnn(-c3ccccc3F)c2)C1. The summed E-state index contributed by atoms with van der Waals surface area (Å²) < 4.78 is 15.5. The minimum Gasteiger partial charge on any atom is -0.396 e.